The number of para-hydroxylation sites is 1. The molecule has 3 rings (SSSR count). The number of thioether (sulfide) groups is 1. The maximum absolute atomic E-state index is 13.4. The number of carbonyl (C=O) groups excluding carboxylic acids is 1. The van der Waals surface area contributed by atoms with Crippen LogP contribution in [0.15, 0.2) is 54.6 Å². The van der Waals surface area contributed by atoms with E-state index < -0.39 is 0 Å². The van der Waals surface area contributed by atoms with Crippen molar-refractivity contribution in [2.75, 3.05) is 17.6 Å². The molecule has 2 aromatic rings. The summed E-state index contributed by atoms with van der Waals surface area (Å²) in [5.41, 5.74) is 1.58. The van der Waals surface area contributed by atoms with Crippen LogP contribution in [0.5, 0.6) is 0 Å². The lowest BCUT2D eigenvalue weighted by Gasteiger charge is -2.24. The van der Waals surface area contributed by atoms with Gasteiger partial charge in [0.05, 0.1) is 0 Å². The summed E-state index contributed by atoms with van der Waals surface area (Å²) >= 11 is 1.65. The van der Waals surface area contributed by atoms with Crippen molar-refractivity contribution < 1.29 is 9.18 Å². The summed E-state index contributed by atoms with van der Waals surface area (Å²) in [4.78, 5) is 14.1. The Hall–Kier alpha value is -2.01. The van der Waals surface area contributed by atoms with Crippen molar-refractivity contribution in [3.8, 4) is 0 Å². The number of carbonyl (C=O) groups is 1. The molecular formula is C16H15FN2OS. The van der Waals surface area contributed by atoms with Crippen LogP contribution in [0.3, 0.4) is 0 Å². The van der Waals surface area contributed by atoms with Crippen LogP contribution in [0.2, 0.25) is 0 Å². The molecule has 1 aliphatic rings. The Labute approximate surface area is 127 Å². The molecule has 5 heteroatoms. The van der Waals surface area contributed by atoms with Crippen LogP contribution < -0.4 is 5.32 Å². The number of amides is 2. The SMILES string of the molecule is O=C(Nc1ccccc1)N1CCS[C@@H]1c1cccc(F)c1. The van der Waals surface area contributed by atoms with E-state index in [4.69, 9.17) is 0 Å². The van der Waals surface area contributed by atoms with Crippen molar-refractivity contribution in [1.82, 2.24) is 4.90 Å². The molecule has 0 saturated carbocycles. The second-order valence-corrected chi connectivity index (χ2v) is 5.96. The minimum atomic E-state index is -0.275. The Morgan fingerprint density at radius 3 is 2.76 bits per heavy atom. The highest BCUT2D eigenvalue weighted by molar-refractivity contribution is 7.99. The summed E-state index contributed by atoms with van der Waals surface area (Å²) in [6.07, 6.45) is 0. The van der Waals surface area contributed by atoms with Crippen LogP contribution in [0.4, 0.5) is 14.9 Å². The van der Waals surface area contributed by atoms with E-state index in [1.165, 1.54) is 12.1 Å². The fourth-order valence-corrected chi connectivity index (χ4v) is 3.58. The standard InChI is InChI=1S/C16H15FN2OS/c17-13-6-4-5-12(11-13)15-19(9-10-21-15)16(20)18-14-7-2-1-3-8-14/h1-8,11,15H,9-10H2,(H,18,20)/t15-/m1/s1. The summed E-state index contributed by atoms with van der Waals surface area (Å²) in [5, 5.41) is 2.74. The fourth-order valence-electron chi connectivity index (χ4n) is 2.33. The summed E-state index contributed by atoms with van der Waals surface area (Å²) in [5.74, 6) is 0.576. The minimum Gasteiger partial charge on any atom is -0.308 e. The van der Waals surface area contributed by atoms with Gasteiger partial charge in [0.2, 0.25) is 0 Å². The quantitative estimate of drug-likeness (QED) is 0.905. The van der Waals surface area contributed by atoms with Gasteiger partial charge in [0.15, 0.2) is 0 Å². The van der Waals surface area contributed by atoms with Crippen LogP contribution in [-0.4, -0.2) is 23.2 Å². The second-order valence-electron chi connectivity index (χ2n) is 4.77. The molecule has 1 heterocycles. The van der Waals surface area contributed by atoms with Gasteiger partial charge >= 0.3 is 6.03 Å². The Balaban J connectivity index is 1.76. The van der Waals surface area contributed by atoms with Crippen molar-refractivity contribution in [2.24, 2.45) is 0 Å². The van der Waals surface area contributed by atoms with E-state index in [9.17, 15) is 9.18 Å². The Kier molecular flexibility index (Phi) is 4.10. The van der Waals surface area contributed by atoms with Crippen molar-refractivity contribution in [2.45, 2.75) is 5.37 Å². The maximum Gasteiger partial charge on any atom is 0.323 e. The van der Waals surface area contributed by atoms with Gasteiger partial charge in [-0.15, -0.1) is 11.8 Å². The third-order valence-electron chi connectivity index (χ3n) is 3.31. The first-order valence-corrected chi connectivity index (χ1v) is 7.78. The predicted molar refractivity (Wildman–Crippen MR) is 83.8 cm³/mol. The largest absolute Gasteiger partial charge is 0.323 e. The molecule has 1 aliphatic heterocycles. The van der Waals surface area contributed by atoms with Crippen molar-refractivity contribution in [3.05, 3.63) is 66.0 Å². The molecule has 0 aromatic heterocycles. The third-order valence-corrected chi connectivity index (χ3v) is 4.57. The molecule has 1 N–H and O–H groups in total. The Bertz CT molecular complexity index is 635. The van der Waals surface area contributed by atoms with E-state index in [-0.39, 0.29) is 17.2 Å². The fraction of sp³-hybridized carbons (Fsp3) is 0.188. The van der Waals surface area contributed by atoms with E-state index in [1.807, 2.05) is 36.4 Å². The summed E-state index contributed by atoms with van der Waals surface area (Å²) in [6.45, 7) is 0.657. The predicted octanol–water partition coefficient (Wildman–Crippen LogP) is 4.11. The van der Waals surface area contributed by atoms with Gasteiger partial charge in [-0.3, -0.25) is 0 Å². The lowest BCUT2D eigenvalue weighted by molar-refractivity contribution is 0.214. The average molecular weight is 302 g/mol. The molecule has 1 fully saturated rings. The molecule has 2 aromatic carbocycles. The topological polar surface area (TPSA) is 32.3 Å². The van der Waals surface area contributed by atoms with E-state index in [1.54, 1.807) is 22.7 Å². The summed E-state index contributed by atoms with van der Waals surface area (Å²) in [6, 6.07) is 15.6. The molecular weight excluding hydrogens is 287 g/mol. The van der Waals surface area contributed by atoms with Gasteiger partial charge in [-0.05, 0) is 29.8 Å². The lowest BCUT2D eigenvalue weighted by Crippen LogP contribution is -2.34. The number of urea groups is 1. The number of nitrogens with zero attached hydrogens (tertiary/aromatic N) is 1. The summed E-state index contributed by atoms with van der Waals surface area (Å²) < 4.78 is 13.4. The molecule has 2 amide bonds. The zero-order valence-electron chi connectivity index (χ0n) is 11.3. The van der Waals surface area contributed by atoms with Gasteiger partial charge in [-0.25, -0.2) is 9.18 Å². The highest BCUT2D eigenvalue weighted by Gasteiger charge is 2.30. The molecule has 3 nitrogen and oxygen atoms in total. The van der Waals surface area contributed by atoms with E-state index in [2.05, 4.69) is 5.32 Å². The summed E-state index contributed by atoms with van der Waals surface area (Å²) in [7, 11) is 0. The minimum absolute atomic E-state index is 0.135. The molecule has 1 atom stereocenters. The first kappa shape index (κ1) is 13.9. The molecule has 108 valence electrons. The van der Waals surface area contributed by atoms with Gasteiger partial charge in [0, 0.05) is 18.0 Å². The van der Waals surface area contributed by atoms with Gasteiger partial charge in [-0.1, -0.05) is 30.3 Å². The lowest BCUT2D eigenvalue weighted by atomic mass is 10.2. The number of rotatable bonds is 2. The highest BCUT2D eigenvalue weighted by atomic mass is 32.2. The first-order valence-electron chi connectivity index (χ1n) is 6.74. The number of halogens is 1. The number of anilines is 1. The zero-order chi connectivity index (χ0) is 14.7. The highest BCUT2D eigenvalue weighted by Crippen LogP contribution is 2.38. The van der Waals surface area contributed by atoms with Crippen molar-refractivity contribution in [1.29, 1.82) is 0 Å². The van der Waals surface area contributed by atoms with Gasteiger partial charge in [-0.2, -0.15) is 0 Å². The van der Waals surface area contributed by atoms with Crippen LogP contribution in [0.1, 0.15) is 10.9 Å². The molecule has 21 heavy (non-hydrogen) atoms. The average Bonchev–Trinajstić information content (AvgIpc) is 2.98. The first-order chi connectivity index (χ1) is 10.2. The molecule has 0 radical (unpaired) electrons. The van der Waals surface area contributed by atoms with Crippen LogP contribution in [0, 0.1) is 5.82 Å². The smallest absolute Gasteiger partial charge is 0.308 e. The number of hydrogen-bond donors (Lipinski definition) is 1. The Morgan fingerprint density at radius 1 is 1.19 bits per heavy atom. The van der Waals surface area contributed by atoms with Crippen LogP contribution in [-0.2, 0) is 0 Å². The van der Waals surface area contributed by atoms with Gasteiger partial charge in [0.1, 0.15) is 11.2 Å². The molecule has 0 bridgehead atoms. The zero-order valence-corrected chi connectivity index (χ0v) is 12.1. The number of benzene rings is 2. The van der Waals surface area contributed by atoms with Crippen molar-refractivity contribution >= 4 is 23.5 Å². The van der Waals surface area contributed by atoms with E-state index >= 15 is 0 Å². The second kappa shape index (κ2) is 6.18. The molecule has 0 spiro atoms. The Morgan fingerprint density at radius 2 is 2.00 bits per heavy atom. The third kappa shape index (κ3) is 3.19. The number of hydrogen-bond acceptors (Lipinski definition) is 2. The molecule has 0 unspecified atom stereocenters. The molecule has 1 saturated heterocycles. The van der Waals surface area contributed by atoms with Crippen LogP contribution in [0.25, 0.3) is 0 Å². The monoisotopic (exact) mass is 302 g/mol. The van der Waals surface area contributed by atoms with Gasteiger partial charge in [0.25, 0.3) is 0 Å². The van der Waals surface area contributed by atoms with E-state index in [0.29, 0.717) is 6.54 Å². The molecule has 0 aliphatic carbocycles. The van der Waals surface area contributed by atoms with Gasteiger partial charge < -0.3 is 10.2 Å². The van der Waals surface area contributed by atoms with Crippen LogP contribution >= 0.6 is 11.8 Å². The normalized spacial score (nSPS) is 17.8. The number of nitrogens with one attached hydrogen (secondary N) is 1. The maximum atomic E-state index is 13.4. The van der Waals surface area contributed by atoms with Crippen molar-refractivity contribution in [3.63, 3.8) is 0 Å². The van der Waals surface area contributed by atoms with E-state index in [0.717, 1.165) is 17.0 Å².